The van der Waals surface area contributed by atoms with Gasteiger partial charge in [-0.1, -0.05) is 48.2 Å². The topological polar surface area (TPSA) is 59.8 Å². The van der Waals surface area contributed by atoms with Crippen molar-refractivity contribution in [1.82, 2.24) is 20.3 Å². The Bertz CT molecular complexity index is 634. The minimum atomic E-state index is -0.166. The Labute approximate surface area is 128 Å². The molecule has 0 saturated heterocycles. The number of para-hydroxylation sites is 1. The molecule has 0 atom stereocenters. The van der Waals surface area contributed by atoms with Gasteiger partial charge in [0.1, 0.15) is 0 Å². The first-order valence-electron chi connectivity index (χ1n) is 7.22. The SMILES string of the molecule is O=C(NC1CCCCC1)c1cn(-c2ccccc2Cl)nn1. The van der Waals surface area contributed by atoms with Crippen molar-refractivity contribution in [2.75, 3.05) is 0 Å². The van der Waals surface area contributed by atoms with Crippen LogP contribution in [0, 0.1) is 0 Å². The smallest absolute Gasteiger partial charge is 0.273 e. The van der Waals surface area contributed by atoms with E-state index in [2.05, 4.69) is 15.6 Å². The molecule has 21 heavy (non-hydrogen) atoms. The number of hydrogen-bond acceptors (Lipinski definition) is 3. The number of amides is 1. The van der Waals surface area contributed by atoms with Crippen molar-refractivity contribution in [3.8, 4) is 5.69 Å². The van der Waals surface area contributed by atoms with Gasteiger partial charge in [0.15, 0.2) is 5.69 Å². The van der Waals surface area contributed by atoms with E-state index >= 15 is 0 Å². The summed E-state index contributed by atoms with van der Waals surface area (Å²) >= 11 is 6.11. The standard InChI is InChI=1S/C15H17ClN4O/c16-12-8-4-5-9-14(12)20-10-13(18-19-20)15(21)17-11-6-2-1-3-7-11/h4-5,8-11H,1-3,6-7H2,(H,17,21). The van der Waals surface area contributed by atoms with Gasteiger partial charge in [0.05, 0.1) is 16.9 Å². The highest BCUT2D eigenvalue weighted by Gasteiger charge is 2.19. The van der Waals surface area contributed by atoms with Gasteiger partial charge in [-0.05, 0) is 25.0 Å². The summed E-state index contributed by atoms with van der Waals surface area (Å²) in [5.74, 6) is -0.166. The number of nitrogens with one attached hydrogen (secondary N) is 1. The molecule has 5 nitrogen and oxygen atoms in total. The Morgan fingerprint density at radius 1 is 1.24 bits per heavy atom. The number of benzene rings is 1. The minimum absolute atomic E-state index is 0.166. The van der Waals surface area contributed by atoms with Gasteiger partial charge in [0.25, 0.3) is 5.91 Å². The van der Waals surface area contributed by atoms with Crippen molar-refractivity contribution in [1.29, 1.82) is 0 Å². The molecule has 2 aromatic rings. The first kappa shape index (κ1) is 14.1. The molecule has 3 rings (SSSR count). The van der Waals surface area contributed by atoms with Crippen LogP contribution in [0.1, 0.15) is 42.6 Å². The van der Waals surface area contributed by atoms with E-state index in [0.717, 1.165) is 12.8 Å². The zero-order valence-corrected chi connectivity index (χ0v) is 12.4. The van der Waals surface area contributed by atoms with E-state index in [0.29, 0.717) is 16.4 Å². The van der Waals surface area contributed by atoms with Crippen LogP contribution >= 0.6 is 11.6 Å². The lowest BCUT2D eigenvalue weighted by atomic mass is 9.95. The van der Waals surface area contributed by atoms with Crippen LogP contribution < -0.4 is 5.32 Å². The normalized spacial score (nSPS) is 15.9. The predicted molar refractivity (Wildman–Crippen MR) is 80.7 cm³/mol. The minimum Gasteiger partial charge on any atom is -0.348 e. The monoisotopic (exact) mass is 304 g/mol. The third-order valence-corrected chi connectivity index (χ3v) is 4.09. The van der Waals surface area contributed by atoms with E-state index in [1.165, 1.54) is 23.9 Å². The van der Waals surface area contributed by atoms with E-state index in [1.807, 2.05) is 18.2 Å². The van der Waals surface area contributed by atoms with Crippen molar-refractivity contribution in [3.63, 3.8) is 0 Å². The van der Waals surface area contributed by atoms with Crippen LogP contribution in [0.5, 0.6) is 0 Å². The third-order valence-electron chi connectivity index (χ3n) is 3.77. The largest absolute Gasteiger partial charge is 0.348 e. The molecule has 1 amide bonds. The highest BCUT2D eigenvalue weighted by atomic mass is 35.5. The number of carbonyl (C=O) groups excluding carboxylic acids is 1. The van der Waals surface area contributed by atoms with Gasteiger partial charge >= 0.3 is 0 Å². The van der Waals surface area contributed by atoms with Gasteiger partial charge in [0, 0.05) is 6.04 Å². The van der Waals surface area contributed by atoms with E-state index in [9.17, 15) is 4.79 Å². The molecule has 0 aliphatic heterocycles. The summed E-state index contributed by atoms with van der Waals surface area (Å²) in [7, 11) is 0. The van der Waals surface area contributed by atoms with Crippen LogP contribution in [0.4, 0.5) is 0 Å². The summed E-state index contributed by atoms with van der Waals surface area (Å²) in [5, 5.41) is 11.5. The highest BCUT2D eigenvalue weighted by molar-refractivity contribution is 6.32. The van der Waals surface area contributed by atoms with Crippen molar-refractivity contribution in [2.45, 2.75) is 38.1 Å². The molecule has 1 fully saturated rings. The number of halogens is 1. The molecule has 6 heteroatoms. The Hall–Kier alpha value is -1.88. The summed E-state index contributed by atoms with van der Waals surface area (Å²) in [5.41, 5.74) is 1.03. The molecular formula is C15H17ClN4O. The van der Waals surface area contributed by atoms with Crippen molar-refractivity contribution >= 4 is 17.5 Å². The predicted octanol–water partition coefficient (Wildman–Crippen LogP) is 2.98. The van der Waals surface area contributed by atoms with Gasteiger partial charge in [-0.3, -0.25) is 4.79 Å². The fourth-order valence-corrected chi connectivity index (χ4v) is 2.85. The quantitative estimate of drug-likeness (QED) is 0.948. The summed E-state index contributed by atoms with van der Waals surface area (Å²) in [6.07, 6.45) is 7.32. The van der Waals surface area contributed by atoms with Crippen LogP contribution in [-0.4, -0.2) is 26.9 Å². The molecule has 1 heterocycles. The molecule has 1 aromatic carbocycles. The average Bonchev–Trinajstić information content (AvgIpc) is 2.98. The van der Waals surface area contributed by atoms with E-state index < -0.39 is 0 Å². The number of carbonyl (C=O) groups is 1. The van der Waals surface area contributed by atoms with Crippen LogP contribution in [0.3, 0.4) is 0 Å². The molecule has 0 bridgehead atoms. The zero-order chi connectivity index (χ0) is 14.7. The molecule has 1 saturated carbocycles. The van der Waals surface area contributed by atoms with Gasteiger partial charge in [-0.25, -0.2) is 4.68 Å². The average molecular weight is 305 g/mol. The fourth-order valence-electron chi connectivity index (χ4n) is 2.63. The molecule has 1 aliphatic carbocycles. The summed E-state index contributed by atoms with van der Waals surface area (Å²) < 4.78 is 1.53. The van der Waals surface area contributed by atoms with Crippen LogP contribution in [0.25, 0.3) is 5.69 Å². The van der Waals surface area contributed by atoms with Crippen molar-refractivity contribution in [2.24, 2.45) is 0 Å². The lowest BCUT2D eigenvalue weighted by molar-refractivity contribution is 0.0922. The maximum absolute atomic E-state index is 12.2. The zero-order valence-electron chi connectivity index (χ0n) is 11.6. The van der Waals surface area contributed by atoms with Gasteiger partial charge in [0.2, 0.25) is 0 Å². The lowest BCUT2D eigenvalue weighted by Gasteiger charge is -2.22. The summed E-state index contributed by atoms with van der Waals surface area (Å²) in [6, 6.07) is 7.58. The molecule has 1 aliphatic rings. The second kappa shape index (κ2) is 6.26. The molecule has 1 aromatic heterocycles. The number of rotatable bonds is 3. The molecule has 0 unspecified atom stereocenters. The van der Waals surface area contributed by atoms with E-state index in [-0.39, 0.29) is 11.9 Å². The van der Waals surface area contributed by atoms with Gasteiger partial charge in [-0.2, -0.15) is 0 Å². The van der Waals surface area contributed by atoms with Crippen LogP contribution in [0.2, 0.25) is 5.02 Å². The maximum Gasteiger partial charge on any atom is 0.273 e. The van der Waals surface area contributed by atoms with E-state index in [4.69, 9.17) is 11.6 Å². The van der Waals surface area contributed by atoms with Crippen LogP contribution in [0.15, 0.2) is 30.5 Å². The number of aromatic nitrogens is 3. The molecule has 0 radical (unpaired) electrons. The highest BCUT2D eigenvalue weighted by Crippen LogP contribution is 2.19. The Morgan fingerprint density at radius 3 is 2.76 bits per heavy atom. The van der Waals surface area contributed by atoms with Crippen LogP contribution in [-0.2, 0) is 0 Å². The van der Waals surface area contributed by atoms with E-state index in [1.54, 1.807) is 12.3 Å². The first-order valence-corrected chi connectivity index (χ1v) is 7.60. The fraction of sp³-hybridized carbons (Fsp3) is 0.400. The second-order valence-electron chi connectivity index (χ2n) is 5.31. The Kier molecular flexibility index (Phi) is 4.20. The molecule has 110 valence electrons. The number of nitrogens with zero attached hydrogens (tertiary/aromatic N) is 3. The van der Waals surface area contributed by atoms with Crippen molar-refractivity contribution in [3.05, 3.63) is 41.2 Å². The van der Waals surface area contributed by atoms with Gasteiger partial charge < -0.3 is 5.32 Å². The van der Waals surface area contributed by atoms with Crippen molar-refractivity contribution < 1.29 is 4.79 Å². The summed E-state index contributed by atoms with van der Waals surface area (Å²) in [4.78, 5) is 12.2. The molecule has 0 spiro atoms. The molecule has 1 N–H and O–H groups in total. The second-order valence-corrected chi connectivity index (χ2v) is 5.72. The summed E-state index contributed by atoms with van der Waals surface area (Å²) in [6.45, 7) is 0. The lowest BCUT2D eigenvalue weighted by Crippen LogP contribution is -2.36. The molecular weight excluding hydrogens is 288 g/mol. The maximum atomic E-state index is 12.2. The first-order chi connectivity index (χ1) is 10.2. The Morgan fingerprint density at radius 2 is 2.00 bits per heavy atom. The Balaban J connectivity index is 1.72. The third kappa shape index (κ3) is 3.24. The van der Waals surface area contributed by atoms with Gasteiger partial charge in [-0.15, -0.1) is 5.10 Å². The number of hydrogen-bond donors (Lipinski definition) is 1.